The molecule has 192 valence electrons. The van der Waals surface area contributed by atoms with Crippen LogP contribution in [0.15, 0.2) is 18.2 Å². The smallest absolute Gasteiger partial charge is 0.357 e. The van der Waals surface area contributed by atoms with E-state index in [-0.39, 0.29) is 26.4 Å². The van der Waals surface area contributed by atoms with E-state index < -0.39 is 70.5 Å². The van der Waals surface area contributed by atoms with Crippen LogP contribution in [0.5, 0.6) is 0 Å². The summed E-state index contributed by atoms with van der Waals surface area (Å²) < 4.78 is 172. The maximum atomic E-state index is 13.7. The number of rotatable bonds is 6. The van der Waals surface area contributed by atoms with E-state index in [4.69, 9.17) is 0 Å². The lowest BCUT2D eigenvalue weighted by Gasteiger charge is -2.40. The Kier molecular flexibility index (Phi) is 7.84. The zero-order valence-electron chi connectivity index (χ0n) is 17.7. The van der Waals surface area contributed by atoms with Gasteiger partial charge in [-0.05, 0) is 23.5 Å². The van der Waals surface area contributed by atoms with Gasteiger partial charge in [-0.25, -0.2) is 0 Å². The molecule has 0 amide bonds. The molecule has 0 aliphatic heterocycles. The summed E-state index contributed by atoms with van der Waals surface area (Å²) in [5, 5.41) is 0. The van der Waals surface area contributed by atoms with Crippen LogP contribution in [0.25, 0.3) is 0 Å². The average Bonchev–Trinajstić information content (AvgIpc) is 2.57. The molecule has 0 saturated heterocycles. The standard InChI is InChI=1S/C19H20F12O2/c1-9(2)10(3)11-6-12(14(32-4,16(20,21)22)17(23,24)25)8-13(7-11)15(33-5,18(26,27)28)19(29,30)31/h6-10H,1-5H3. The van der Waals surface area contributed by atoms with Crippen LogP contribution >= 0.6 is 0 Å². The van der Waals surface area contributed by atoms with Gasteiger partial charge in [0.2, 0.25) is 0 Å². The fourth-order valence-corrected chi connectivity index (χ4v) is 3.38. The summed E-state index contributed by atoms with van der Waals surface area (Å²) >= 11 is 0. The zero-order chi connectivity index (χ0) is 26.4. The Morgan fingerprint density at radius 3 is 1.00 bits per heavy atom. The Labute approximate surface area is 180 Å². The Balaban J connectivity index is 4.33. The number of halogens is 12. The van der Waals surface area contributed by atoms with Crippen molar-refractivity contribution >= 4 is 0 Å². The minimum atomic E-state index is -6.30. The first-order valence-electron chi connectivity index (χ1n) is 9.08. The lowest BCUT2D eigenvalue weighted by molar-refractivity contribution is -0.385. The molecule has 0 spiro atoms. The number of alkyl halides is 12. The van der Waals surface area contributed by atoms with E-state index in [1.807, 2.05) is 0 Å². The van der Waals surface area contributed by atoms with Crippen molar-refractivity contribution in [1.29, 1.82) is 0 Å². The second-order valence-corrected chi connectivity index (χ2v) is 7.64. The van der Waals surface area contributed by atoms with Gasteiger partial charge >= 0.3 is 24.7 Å². The topological polar surface area (TPSA) is 18.5 Å². The number of hydrogen-bond acceptors (Lipinski definition) is 2. The summed E-state index contributed by atoms with van der Waals surface area (Å²) in [6.07, 6.45) is -25.2. The number of benzene rings is 1. The van der Waals surface area contributed by atoms with E-state index >= 15 is 0 Å². The van der Waals surface area contributed by atoms with Crippen LogP contribution in [-0.2, 0) is 20.7 Å². The first-order chi connectivity index (χ1) is 14.5. The van der Waals surface area contributed by atoms with Crippen LogP contribution in [0, 0.1) is 5.92 Å². The monoisotopic (exact) mass is 508 g/mol. The van der Waals surface area contributed by atoms with Crippen molar-refractivity contribution in [3.8, 4) is 0 Å². The van der Waals surface area contributed by atoms with Crippen molar-refractivity contribution in [2.24, 2.45) is 5.92 Å². The average molecular weight is 508 g/mol. The van der Waals surface area contributed by atoms with Crippen LogP contribution in [0.3, 0.4) is 0 Å². The highest BCUT2D eigenvalue weighted by molar-refractivity contribution is 5.42. The molecule has 33 heavy (non-hydrogen) atoms. The van der Waals surface area contributed by atoms with Gasteiger partial charge in [-0.1, -0.05) is 32.9 Å². The van der Waals surface area contributed by atoms with Gasteiger partial charge in [0.15, 0.2) is 0 Å². The van der Waals surface area contributed by atoms with Crippen LogP contribution in [0.2, 0.25) is 0 Å². The maximum Gasteiger partial charge on any atom is 0.430 e. The lowest BCUT2D eigenvalue weighted by atomic mass is 9.80. The maximum absolute atomic E-state index is 13.7. The number of ether oxygens (including phenoxy) is 2. The zero-order valence-corrected chi connectivity index (χ0v) is 17.7. The first-order valence-corrected chi connectivity index (χ1v) is 9.08. The molecule has 1 rings (SSSR count). The van der Waals surface area contributed by atoms with Gasteiger partial charge in [-0.3, -0.25) is 0 Å². The predicted octanol–water partition coefficient (Wildman–Crippen LogP) is 7.38. The van der Waals surface area contributed by atoms with Crippen LogP contribution in [0.1, 0.15) is 43.4 Å². The molecule has 0 aromatic heterocycles. The fraction of sp³-hybridized carbons (Fsp3) is 0.684. The second kappa shape index (κ2) is 8.82. The second-order valence-electron chi connectivity index (χ2n) is 7.64. The summed E-state index contributed by atoms with van der Waals surface area (Å²) in [4.78, 5) is 0. The molecule has 0 N–H and O–H groups in total. The van der Waals surface area contributed by atoms with Gasteiger partial charge in [-0.2, -0.15) is 52.7 Å². The Hall–Kier alpha value is -1.70. The molecule has 0 aliphatic rings. The fourth-order valence-electron chi connectivity index (χ4n) is 3.38. The molecular weight excluding hydrogens is 488 g/mol. The van der Waals surface area contributed by atoms with E-state index in [1.165, 1.54) is 20.8 Å². The summed E-state index contributed by atoms with van der Waals surface area (Å²) in [7, 11) is -0.00736. The van der Waals surface area contributed by atoms with Crippen molar-refractivity contribution in [1.82, 2.24) is 0 Å². The normalized spacial score (nSPS) is 15.8. The first kappa shape index (κ1) is 29.3. The summed E-state index contributed by atoms with van der Waals surface area (Å²) in [5.41, 5.74) is -15.1. The van der Waals surface area contributed by atoms with E-state index in [0.717, 1.165) is 0 Å². The summed E-state index contributed by atoms with van der Waals surface area (Å²) in [5.74, 6) is -1.63. The van der Waals surface area contributed by atoms with Crippen LogP contribution < -0.4 is 0 Å². The quantitative estimate of drug-likeness (QED) is 0.374. The molecule has 1 aromatic rings. The van der Waals surface area contributed by atoms with Gasteiger partial charge in [-0.15, -0.1) is 0 Å². The number of methoxy groups -OCH3 is 2. The van der Waals surface area contributed by atoms with E-state index in [0.29, 0.717) is 0 Å². The predicted molar refractivity (Wildman–Crippen MR) is 91.3 cm³/mol. The minimum absolute atomic E-state index is 0.00368. The molecule has 1 aromatic carbocycles. The largest absolute Gasteiger partial charge is 0.430 e. The van der Waals surface area contributed by atoms with Gasteiger partial charge in [0.1, 0.15) is 0 Å². The molecule has 2 nitrogen and oxygen atoms in total. The third-order valence-corrected chi connectivity index (χ3v) is 5.50. The molecule has 1 unspecified atom stereocenters. The van der Waals surface area contributed by atoms with Crippen molar-refractivity contribution in [3.05, 3.63) is 34.9 Å². The van der Waals surface area contributed by atoms with Crippen LogP contribution in [-0.4, -0.2) is 38.9 Å². The van der Waals surface area contributed by atoms with E-state index in [2.05, 4.69) is 9.47 Å². The van der Waals surface area contributed by atoms with Crippen LogP contribution in [0.4, 0.5) is 52.7 Å². The molecule has 0 saturated carbocycles. The lowest BCUT2D eigenvalue weighted by Crippen LogP contribution is -2.57. The van der Waals surface area contributed by atoms with Crippen molar-refractivity contribution in [2.45, 2.75) is 62.6 Å². The molecular formula is C19H20F12O2. The summed E-state index contributed by atoms with van der Waals surface area (Å²) in [6.45, 7) is 4.06. The molecule has 0 radical (unpaired) electrons. The SMILES string of the molecule is COC(c1cc(C(C)C(C)C)cc(C(OC)(C(F)(F)F)C(F)(F)F)c1)(C(F)(F)F)C(F)(F)F. The van der Waals surface area contributed by atoms with Gasteiger partial charge in [0, 0.05) is 25.3 Å². The van der Waals surface area contributed by atoms with Crippen molar-refractivity contribution in [2.75, 3.05) is 14.2 Å². The third-order valence-electron chi connectivity index (χ3n) is 5.50. The minimum Gasteiger partial charge on any atom is -0.357 e. The Morgan fingerprint density at radius 1 is 0.545 bits per heavy atom. The van der Waals surface area contributed by atoms with Crippen molar-refractivity contribution < 1.29 is 62.2 Å². The highest BCUT2D eigenvalue weighted by Crippen LogP contribution is 2.56. The van der Waals surface area contributed by atoms with E-state index in [9.17, 15) is 52.7 Å². The van der Waals surface area contributed by atoms with Crippen molar-refractivity contribution in [3.63, 3.8) is 0 Å². The number of hydrogen-bond donors (Lipinski definition) is 0. The molecule has 1 atom stereocenters. The molecule has 0 fully saturated rings. The van der Waals surface area contributed by atoms with Gasteiger partial charge in [0.05, 0.1) is 0 Å². The van der Waals surface area contributed by atoms with Gasteiger partial charge < -0.3 is 9.47 Å². The highest BCUT2D eigenvalue weighted by atomic mass is 19.4. The molecule has 0 bridgehead atoms. The third kappa shape index (κ3) is 4.64. The Bertz CT molecular complexity index is 732. The van der Waals surface area contributed by atoms with Gasteiger partial charge in [0.25, 0.3) is 11.2 Å². The summed E-state index contributed by atoms with van der Waals surface area (Å²) in [6, 6.07) is 0.00311. The highest BCUT2D eigenvalue weighted by Gasteiger charge is 2.75. The molecule has 0 heterocycles. The molecule has 14 heteroatoms. The molecule has 0 aliphatic carbocycles. The Morgan fingerprint density at radius 2 is 0.818 bits per heavy atom. The van der Waals surface area contributed by atoms with E-state index in [1.54, 1.807) is 0 Å².